The first-order valence-corrected chi connectivity index (χ1v) is 10.4. The molecular formula is C25H25ClN2O3. The van der Waals surface area contributed by atoms with E-state index in [0.29, 0.717) is 29.1 Å². The molecule has 0 atom stereocenters. The molecule has 0 spiro atoms. The van der Waals surface area contributed by atoms with Gasteiger partial charge < -0.3 is 15.7 Å². The Balaban J connectivity index is 1.78. The lowest BCUT2D eigenvalue weighted by Crippen LogP contribution is -2.25. The molecule has 5 nitrogen and oxygen atoms in total. The second-order valence-corrected chi connectivity index (χ2v) is 7.81. The van der Waals surface area contributed by atoms with E-state index in [1.165, 1.54) is 0 Å². The van der Waals surface area contributed by atoms with Gasteiger partial charge in [-0.3, -0.25) is 9.59 Å². The number of aliphatic hydroxyl groups excluding tert-OH is 1. The summed E-state index contributed by atoms with van der Waals surface area (Å²) in [6, 6.07) is 12.7. The summed E-state index contributed by atoms with van der Waals surface area (Å²) in [6.07, 6.45) is 6.26. The largest absolute Gasteiger partial charge is 0.396 e. The lowest BCUT2D eigenvalue weighted by atomic mass is 10.0. The van der Waals surface area contributed by atoms with Crippen molar-refractivity contribution in [3.63, 3.8) is 0 Å². The SMILES string of the molecule is CC(=C\C=C(/C)c1cccc(C(=O)NCCCO)c1)/C=C1/C(=O)Nc2ccc(Cl)cc21. The molecule has 0 aliphatic carbocycles. The van der Waals surface area contributed by atoms with Gasteiger partial charge in [-0.05, 0) is 67.8 Å². The standard InChI is InChI=1S/C25H25ClN2O3/c1-16(13-22-21-15-20(26)9-10-23(21)28-25(22)31)7-8-17(2)18-5-3-6-19(14-18)24(30)27-11-4-12-29/h3,5-10,13-15,29H,4,11-12H2,1-2H3,(H,27,30)(H,28,31)/b16-7+,17-8+,22-13+. The molecule has 3 rings (SSSR count). The van der Waals surface area contributed by atoms with Crippen molar-refractivity contribution >= 4 is 40.2 Å². The van der Waals surface area contributed by atoms with Gasteiger partial charge in [0.1, 0.15) is 0 Å². The highest BCUT2D eigenvalue weighted by atomic mass is 35.5. The van der Waals surface area contributed by atoms with Crippen molar-refractivity contribution < 1.29 is 14.7 Å². The van der Waals surface area contributed by atoms with Crippen LogP contribution in [0.15, 0.2) is 66.3 Å². The van der Waals surface area contributed by atoms with Crippen LogP contribution in [0.25, 0.3) is 11.1 Å². The molecule has 0 saturated carbocycles. The van der Waals surface area contributed by atoms with E-state index in [-0.39, 0.29) is 18.4 Å². The fraction of sp³-hybridized carbons (Fsp3) is 0.200. The minimum Gasteiger partial charge on any atom is -0.396 e. The van der Waals surface area contributed by atoms with Crippen LogP contribution in [0.4, 0.5) is 5.69 Å². The molecule has 3 N–H and O–H groups in total. The molecule has 2 aromatic rings. The smallest absolute Gasteiger partial charge is 0.256 e. The summed E-state index contributed by atoms with van der Waals surface area (Å²) in [4.78, 5) is 24.5. The Labute approximate surface area is 187 Å². The third kappa shape index (κ3) is 5.72. The van der Waals surface area contributed by atoms with E-state index < -0.39 is 0 Å². The number of amides is 2. The van der Waals surface area contributed by atoms with Crippen molar-refractivity contribution in [2.24, 2.45) is 0 Å². The summed E-state index contributed by atoms with van der Waals surface area (Å²) in [5.41, 5.74) is 5.54. The first-order valence-electron chi connectivity index (χ1n) is 10.1. The highest BCUT2D eigenvalue weighted by Gasteiger charge is 2.23. The molecule has 160 valence electrons. The Morgan fingerprint density at radius 2 is 1.90 bits per heavy atom. The molecule has 2 aromatic carbocycles. The Bertz CT molecular complexity index is 1100. The summed E-state index contributed by atoms with van der Waals surface area (Å²) in [5.74, 6) is -0.310. The molecule has 6 heteroatoms. The van der Waals surface area contributed by atoms with Gasteiger partial charge in [0.25, 0.3) is 11.8 Å². The fourth-order valence-corrected chi connectivity index (χ4v) is 3.39. The molecule has 0 aromatic heterocycles. The van der Waals surface area contributed by atoms with Gasteiger partial charge in [0, 0.05) is 40.6 Å². The van der Waals surface area contributed by atoms with Crippen LogP contribution >= 0.6 is 11.6 Å². The monoisotopic (exact) mass is 436 g/mol. The van der Waals surface area contributed by atoms with Crippen molar-refractivity contribution in [2.45, 2.75) is 20.3 Å². The third-order valence-electron chi connectivity index (χ3n) is 4.93. The second kappa shape index (κ2) is 10.2. The van der Waals surface area contributed by atoms with Gasteiger partial charge in [-0.2, -0.15) is 0 Å². The molecule has 0 saturated heterocycles. The van der Waals surface area contributed by atoms with Crippen molar-refractivity contribution in [1.29, 1.82) is 0 Å². The molecule has 0 radical (unpaired) electrons. The maximum absolute atomic E-state index is 12.3. The summed E-state index contributed by atoms with van der Waals surface area (Å²) >= 11 is 6.08. The van der Waals surface area contributed by atoms with Crippen LogP contribution in [-0.4, -0.2) is 30.1 Å². The highest BCUT2D eigenvalue weighted by Crippen LogP contribution is 2.34. The van der Waals surface area contributed by atoms with Gasteiger partial charge in [-0.25, -0.2) is 0 Å². The van der Waals surface area contributed by atoms with E-state index in [0.717, 1.165) is 28.0 Å². The van der Waals surface area contributed by atoms with Crippen molar-refractivity contribution in [3.8, 4) is 0 Å². The number of hydrogen-bond donors (Lipinski definition) is 3. The summed E-state index contributed by atoms with van der Waals surface area (Å²) in [5, 5.41) is 15.1. The number of aliphatic hydroxyl groups is 1. The molecule has 1 heterocycles. The van der Waals surface area contributed by atoms with Crippen LogP contribution in [0.2, 0.25) is 5.02 Å². The number of nitrogens with one attached hydrogen (secondary N) is 2. The van der Waals surface area contributed by atoms with Crippen LogP contribution in [0, 0.1) is 0 Å². The average Bonchev–Trinajstić information content (AvgIpc) is 3.06. The van der Waals surface area contributed by atoms with E-state index in [1.807, 2.05) is 50.3 Å². The summed E-state index contributed by atoms with van der Waals surface area (Å²) in [6.45, 7) is 4.38. The van der Waals surface area contributed by atoms with E-state index in [4.69, 9.17) is 16.7 Å². The zero-order valence-electron chi connectivity index (χ0n) is 17.5. The Morgan fingerprint density at radius 3 is 2.68 bits per heavy atom. The zero-order valence-corrected chi connectivity index (χ0v) is 18.3. The van der Waals surface area contributed by atoms with Crippen LogP contribution < -0.4 is 10.6 Å². The summed E-state index contributed by atoms with van der Waals surface area (Å²) < 4.78 is 0. The van der Waals surface area contributed by atoms with E-state index in [9.17, 15) is 9.59 Å². The first-order chi connectivity index (χ1) is 14.9. The first kappa shape index (κ1) is 22.5. The Morgan fingerprint density at radius 1 is 1.13 bits per heavy atom. The molecule has 0 unspecified atom stereocenters. The number of hydrogen-bond acceptors (Lipinski definition) is 3. The maximum Gasteiger partial charge on any atom is 0.256 e. The number of fused-ring (bicyclic) bond motifs is 1. The predicted octanol–water partition coefficient (Wildman–Crippen LogP) is 4.84. The minimum absolute atomic E-state index is 0.0459. The normalized spacial score (nSPS) is 15.1. The van der Waals surface area contributed by atoms with E-state index in [2.05, 4.69) is 10.6 Å². The van der Waals surface area contributed by atoms with Gasteiger partial charge >= 0.3 is 0 Å². The average molecular weight is 437 g/mol. The molecule has 0 bridgehead atoms. The number of halogens is 1. The second-order valence-electron chi connectivity index (χ2n) is 7.38. The predicted molar refractivity (Wildman–Crippen MR) is 126 cm³/mol. The number of rotatable bonds is 7. The quantitative estimate of drug-likeness (QED) is 0.330. The molecule has 1 aliphatic heterocycles. The van der Waals surface area contributed by atoms with Crippen LogP contribution in [0.3, 0.4) is 0 Å². The third-order valence-corrected chi connectivity index (χ3v) is 5.17. The van der Waals surface area contributed by atoms with Crippen LogP contribution in [0.1, 0.15) is 41.8 Å². The molecule has 0 fully saturated rings. The molecule has 1 aliphatic rings. The summed E-state index contributed by atoms with van der Waals surface area (Å²) in [7, 11) is 0. The van der Waals surface area contributed by atoms with Gasteiger partial charge in [-0.1, -0.05) is 41.5 Å². The molecular weight excluding hydrogens is 412 g/mol. The van der Waals surface area contributed by atoms with Crippen molar-refractivity contribution in [3.05, 3.63) is 88.0 Å². The maximum atomic E-state index is 12.3. The fourth-order valence-electron chi connectivity index (χ4n) is 3.22. The molecule has 2 amide bonds. The Kier molecular flexibility index (Phi) is 7.45. The zero-order chi connectivity index (χ0) is 22.4. The highest BCUT2D eigenvalue weighted by molar-refractivity contribution is 6.34. The number of benzene rings is 2. The van der Waals surface area contributed by atoms with E-state index >= 15 is 0 Å². The van der Waals surface area contributed by atoms with Gasteiger partial charge in [0.2, 0.25) is 0 Å². The van der Waals surface area contributed by atoms with Crippen molar-refractivity contribution in [1.82, 2.24) is 5.32 Å². The topological polar surface area (TPSA) is 78.4 Å². The number of carbonyl (C=O) groups excluding carboxylic acids is 2. The van der Waals surface area contributed by atoms with Gasteiger partial charge in [-0.15, -0.1) is 0 Å². The number of carbonyl (C=O) groups is 2. The van der Waals surface area contributed by atoms with Crippen LogP contribution in [0.5, 0.6) is 0 Å². The lowest BCUT2D eigenvalue weighted by Gasteiger charge is -2.07. The lowest BCUT2D eigenvalue weighted by molar-refractivity contribution is -0.110. The number of allylic oxidation sites excluding steroid dienone is 5. The number of anilines is 1. The van der Waals surface area contributed by atoms with E-state index in [1.54, 1.807) is 24.3 Å². The minimum atomic E-state index is -0.163. The van der Waals surface area contributed by atoms with Crippen LogP contribution in [-0.2, 0) is 4.79 Å². The molecule has 31 heavy (non-hydrogen) atoms. The van der Waals surface area contributed by atoms with Crippen molar-refractivity contribution in [2.75, 3.05) is 18.5 Å². The van der Waals surface area contributed by atoms with Gasteiger partial charge in [0.15, 0.2) is 0 Å². The Hall–Kier alpha value is -3.15. The van der Waals surface area contributed by atoms with Gasteiger partial charge in [0.05, 0.1) is 0 Å².